The molecule has 0 aromatic heterocycles. The van der Waals surface area contributed by atoms with Crippen LogP contribution in [-0.2, 0) is 28.6 Å². The topological polar surface area (TPSA) is 78.9 Å². The number of carbonyl (C=O) groups is 3. The average molecular weight is 312 g/mol. The fourth-order valence-electron chi connectivity index (χ4n) is 3.32. The van der Waals surface area contributed by atoms with Crippen molar-refractivity contribution in [2.45, 2.75) is 36.1 Å². The monoisotopic (exact) mass is 312 g/mol. The van der Waals surface area contributed by atoms with Crippen molar-refractivity contribution in [3.8, 4) is 0 Å². The van der Waals surface area contributed by atoms with E-state index in [2.05, 4.69) is 6.58 Å². The standard InChI is InChI=1S/C14H16O6S/c1-5(2)13(16)19-9-10-12-8(14(17)20-10)6(11(9)21-12)4-7(15)18-3/h6,8-12H,1,4H2,2-3H3. The van der Waals surface area contributed by atoms with Gasteiger partial charge in [0.05, 0.1) is 29.9 Å². The van der Waals surface area contributed by atoms with E-state index >= 15 is 0 Å². The predicted molar refractivity (Wildman–Crippen MR) is 73.4 cm³/mol. The third kappa shape index (κ3) is 2.14. The predicted octanol–water partition coefficient (Wildman–Crippen LogP) is 0.693. The van der Waals surface area contributed by atoms with Gasteiger partial charge in [-0.3, -0.25) is 9.59 Å². The Morgan fingerprint density at radius 2 is 2.10 bits per heavy atom. The first-order valence-electron chi connectivity index (χ1n) is 6.73. The lowest BCUT2D eigenvalue weighted by Crippen LogP contribution is -2.45. The Kier molecular flexibility index (Phi) is 3.47. The zero-order valence-corrected chi connectivity index (χ0v) is 12.6. The summed E-state index contributed by atoms with van der Waals surface area (Å²) in [5.41, 5.74) is 0.299. The summed E-state index contributed by atoms with van der Waals surface area (Å²) in [5.74, 6) is -1.67. The van der Waals surface area contributed by atoms with E-state index in [1.54, 1.807) is 18.7 Å². The average Bonchev–Trinajstić information content (AvgIpc) is 3.02. The molecule has 3 aliphatic heterocycles. The van der Waals surface area contributed by atoms with Gasteiger partial charge in [0.1, 0.15) is 0 Å². The molecular weight excluding hydrogens is 296 g/mol. The first-order chi connectivity index (χ1) is 9.93. The van der Waals surface area contributed by atoms with Crippen molar-refractivity contribution in [2.24, 2.45) is 11.8 Å². The summed E-state index contributed by atoms with van der Waals surface area (Å²) in [5, 5.41) is -0.154. The maximum absolute atomic E-state index is 12.0. The van der Waals surface area contributed by atoms with Gasteiger partial charge in [-0.1, -0.05) is 6.58 Å². The largest absolute Gasteiger partial charge is 0.469 e. The second kappa shape index (κ2) is 5.05. The van der Waals surface area contributed by atoms with Crippen LogP contribution >= 0.6 is 11.8 Å². The highest BCUT2D eigenvalue weighted by atomic mass is 32.2. The molecule has 21 heavy (non-hydrogen) atoms. The minimum absolute atomic E-state index is 0.0416. The van der Waals surface area contributed by atoms with Gasteiger partial charge < -0.3 is 14.2 Å². The van der Waals surface area contributed by atoms with Gasteiger partial charge in [0.15, 0.2) is 12.2 Å². The SMILES string of the molecule is C=C(C)C(=O)OC1C2OC(=O)C3C(CC(=O)OC)C1SC23. The lowest BCUT2D eigenvalue weighted by atomic mass is 9.77. The Morgan fingerprint density at radius 1 is 1.38 bits per heavy atom. The van der Waals surface area contributed by atoms with Crippen LogP contribution < -0.4 is 0 Å². The third-order valence-electron chi connectivity index (χ3n) is 4.27. The molecule has 6 unspecified atom stereocenters. The summed E-state index contributed by atoms with van der Waals surface area (Å²) in [6, 6.07) is 0. The third-order valence-corrected chi connectivity index (χ3v) is 6.08. The molecule has 0 aromatic carbocycles. The molecule has 3 fully saturated rings. The van der Waals surface area contributed by atoms with Gasteiger partial charge >= 0.3 is 17.9 Å². The molecule has 114 valence electrons. The first kappa shape index (κ1) is 14.4. The molecule has 3 heterocycles. The zero-order valence-electron chi connectivity index (χ0n) is 11.7. The summed E-state index contributed by atoms with van der Waals surface area (Å²) in [4.78, 5) is 35.3. The molecule has 2 bridgehead atoms. The van der Waals surface area contributed by atoms with Crippen LogP contribution in [0, 0.1) is 11.8 Å². The fourth-order valence-corrected chi connectivity index (χ4v) is 5.37. The molecule has 0 radical (unpaired) electrons. The van der Waals surface area contributed by atoms with E-state index < -0.39 is 18.2 Å². The zero-order chi connectivity index (χ0) is 15.3. The highest BCUT2D eigenvalue weighted by Gasteiger charge is 2.69. The number of methoxy groups -OCH3 is 1. The van der Waals surface area contributed by atoms with Crippen molar-refractivity contribution in [3.05, 3.63) is 12.2 Å². The second-order valence-electron chi connectivity index (χ2n) is 5.59. The first-order valence-corrected chi connectivity index (χ1v) is 7.67. The van der Waals surface area contributed by atoms with Gasteiger partial charge in [0, 0.05) is 5.57 Å². The molecular formula is C14H16O6S. The number of hydrogen-bond donors (Lipinski definition) is 0. The van der Waals surface area contributed by atoms with E-state index in [4.69, 9.17) is 14.2 Å². The van der Waals surface area contributed by atoms with Crippen LogP contribution in [0.25, 0.3) is 0 Å². The van der Waals surface area contributed by atoms with Crippen LogP contribution in [0.1, 0.15) is 13.3 Å². The minimum atomic E-state index is -0.512. The summed E-state index contributed by atoms with van der Waals surface area (Å²) in [6.45, 7) is 5.12. The van der Waals surface area contributed by atoms with Gasteiger partial charge in [0.25, 0.3) is 0 Å². The minimum Gasteiger partial charge on any atom is -0.469 e. The van der Waals surface area contributed by atoms with Crippen molar-refractivity contribution in [2.75, 3.05) is 7.11 Å². The quantitative estimate of drug-likeness (QED) is 0.429. The summed E-state index contributed by atoms with van der Waals surface area (Å²) < 4.78 is 15.5. The van der Waals surface area contributed by atoms with Gasteiger partial charge in [-0.15, -0.1) is 11.8 Å². The lowest BCUT2D eigenvalue weighted by molar-refractivity contribution is -0.156. The number of fused-ring (bicyclic) bond motifs is 1. The molecule has 3 aliphatic rings. The van der Waals surface area contributed by atoms with E-state index in [0.717, 1.165) is 0 Å². The molecule has 0 spiro atoms. The Bertz CT molecular complexity index is 530. The molecule has 3 rings (SSSR count). The maximum atomic E-state index is 12.0. The Morgan fingerprint density at radius 3 is 2.71 bits per heavy atom. The smallest absolute Gasteiger partial charge is 0.333 e. The molecule has 0 saturated carbocycles. The molecule has 6 atom stereocenters. The van der Waals surface area contributed by atoms with Gasteiger partial charge in [-0.25, -0.2) is 4.79 Å². The van der Waals surface area contributed by atoms with Crippen LogP contribution in [0.4, 0.5) is 0 Å². The van der Waals surface area contributed by atoms with E-state index in [1.807, 2.05) is 0 Å². The Hall–Kier alpha value is -1.50. The molecule has 3 saturated heterocycles. The van der Waals surface area contributed by atoms with Crippen LogP contribution in [0.5, 0.6) is 0 Å². The summed E-state index contributed by atoms with van der Waals surface area (Å²) in [7, 11) is 1.32. The number of ether oxygens (including phenoxy) is 3. The normalized spacial score (nSPS) is 39.0. The highest BCUT2D eigenvalue weighted by molar-refractivity contribution is 8.01. The number of carbonyl (C=O) groups excluding carboxylic acids is 3. The van der Waals surface area contributed by atoms with Crippen LogP contribution in [0.2, 0.25) is 0 Å². The molecule has 0 aromatic rings. The van der Waals surface area contributed by atoms with Crippen molar-refractivity contribution in [1.82, 2.24) is 0 Å². The van der Waals surface area contributed by atoms with Crippen molar-refractivity contribution in [1.29, 1.82) is 0 Å². The molecule has 6 nitrogen and oxygen atoms in total. The maximum Gasteiger partial charge on any atom is 0.333 e. The second-order valence-corrected chi connectivity index (χ2v) is 6.95. The van der Waals surface area contributed by atoms with Crippen LogP contribution in [-0.4, -0.2) is 47.7 Å². The molecule has 0 amide bonds. The molecule has 7 heteroatoms. The van der Waals surface area contributed by atoms with Crippen molar-refractivity contribution >= 4 is 29.7 Å². The fraction of sp³-hybridized carbons (Fsp3) is 0.643. The van der Waals surface area contributed by atoms with Gasteiger partial charge in [0.2, 0.25) is 0 Å². The summed E-state index contributed by atoms with van der Waals surface area (Å²) in [6.07, 6.45) is -0.783. The van der Waals surface area contributed by atoms with E-state index in [1.165, 1.54) is 7.11 Å². The number of hydrogen-bond acceptors (Lipinski definition) is 7. The number of rotatable bonds is 4. The molecule has 0 N–H and O–H groups in total. The van der Waals surface area contributed by atoms with E-state index in [-0.39, 0.29) is 40.7 Å². The van der Waals surface area contributed by atoms with Crippen molar-refractivity contribution < 1.29 is 28.6 Å². The van der Waals surface area contributed by atoms with Gasteiger partial charge in [-0.05, 0) is 12.8 Å². The van der Waals surface area contributed by atoms with Gasteiger partial charge in [-0.2, -0.15) is 0 Å². The summed E-state index contributed by atoms with van der Waals surface area (Å²) >= 11 is 1.58. The number of thioether (sulfide) groups is 1. The lowest BCUT2D eigenvalue weighted by Gasteiger charge is -2.29. The Labute approximate surface area is 126 Å². The van der Waals surface area contributed by atoms with E-state index in [0.29, 0.717) is 5.57 Å². The van der Waals surface area contributed by atoms with E-state index in [9.17, 15) is 14.4 Å². The number of esters is 3. The van der Waals surface area contributed by atoms with Crippen LogP contribution in [0.3, 0.4) is 0 Å². The Balaban J connectivity index is 1.82. The highest BCUT2D eigenvalue weighted by Crippen LogP contribution is 2.59. The van der Waals surface area contributed by atoms with Crippen LogP contribution in [0.15, 0.2) is 12.2 Å². The van der Waals surface area contributed by atoms with Crippen molar-refractivity contribution in [3.63, 3.8) is 0 Å². The molecule has 0 aliphatic carbocycles.